The molecule has 2 aromatic carbocycles. The fourth-order valence-electron chi connectivity index (χ4n) is 3.36. The standard InChI is InChI=1S/C22H26FN3O3/c1-29-20-7-2-4-17(14-20)8-9-22(28)26-12-10-25(11-13-26)16-21(27)24-19-6-3-5-18(23)15-19/h2-7,14-15H,8-13,16H2,1H3,(H,24,27). The number of hydrogen-bond donors (Lipinski definition) is 1. The zero-order valence-corrected chi connectivity index (χ0v) is 16.6. The van der Waals surface area contributed by atoms with Crippen molar-refractivity contribution in [3.05, 3.63) is 59.9 Å². The van der Waals surface area contributed by atoms with Crippen molar-refractivity contribution in [2.24, 2.45) is 0 Å². The van der Waals surface area contributed by atoms with Crippen LogP contribution in [-0.4, -0.2) is 61.4 Å². The van der Waals surface area contributed by atoms with Crippen molar-refractivity contribution in [1.29, 1.82) is 0 Å². The number of amides is 2. The maximum Gasteiger partial charge on any atom is 0.238 e. The van der Waals surface area contributed by atoms with Gasteiger partial charge in [-0.05, 0) is 42.3 Å². The summed E-state index contributed by atoms with van der Waals surface area (Å²) in [7, 11) is 1.63. The van der Waals surface area contributed by atoms with E-state index in [1.807, 2.05) is 34.1 Å². The summed E-state index contributed by atoms with van der Waals surface area (Å²) < 4.78 is 18.4. The molecule has 1 aliphatic rings. The summed E-state index contributed by atoms with van der Waals surface area (Å²) >= 11 is 0. The van der Waals surface area contributed by atoms with Gasteiger partial charge < -0.3 is 15.0 Å². The molecule has 0 bridgehead atoms. The third kappa shape index (κ3) is 6.29. The largest absolute Gasteiger partial charge is 0.497 e. The Kier molecular flexibility index (Phi) is 7.19. The van der Waals surface area contributed by atoms with Crippen molar-refractivity contribution >= 4 is 17.5 Å². The number of aryl methyl sites for hydroxylation is 1. The van der Waals surface area contributed by atoms with Crippen LogP contribution < -0.4 is 10.1 Å². The van der Waals surface area contributed by atoms with Crippen LogP contribution in [0.1, 0.15) is 12.0 Å². The minimum atomic E-state index is -0.385. The van der Waals surface area contributed by atoms with Crippen LogP contribution in [0, 0.1) is 5.82 Å². The highest BCUT2D eigenvalue weighted by atomic mass is 19.1. The van der Waals surface area contributed by atoms with E-state index >= 15 is 0 Å². The fraction of sp³-hybridized carbons (Fsp3) is 0.364. The molecule has 29 heavy (non-hydrogen) atoms. The predicted molar refractivity (Wildman–Crippen MR) is 109 cm³/mol. The van der Waals surface area contributed by atoms with Gasteiger partial charge in [0.25, 0.3) is 0 Å². The van der Waals surface area contributed by atoms with Crippen molar-refractivity contribution in [2.45, 2.75) is 12.8 Å². The molecule has 7 heteroatoms. The highest BCUT2D eigenvalue weighted by molar-refractivity contribution is 5.92. The van der Waals surface area contributed by atoms with Gasteiger partial charge >= 0.3 is 0 Å². The number of rotatable bonds is 7. The van der Waals surface area contributed by atoms with Crippen LogP contribution in [0.5, 0.6) is 5.75 Å². The molecule has 1 heterocycles. The normalized spacial score (nSPS) is 14.5. The molecule has 0 aromatic heterocycles. The van der Waals surface area contributed by atoms with Crippen LogP contribution in [0.3, 0.4) is 0 Å². The van der Waals surface area contributed by atoms with Gasteiger partial charge in [0.15, 0.2) is 0 Å². The lowest BCUT2D eigenvalue weighted by atomic mass is 10.1. The Balaban J connectivity index is 1.40. The van der Waals surface area contributed by atoms with Crippen molar-refractivity contribution in [3.8, 4) is 5.75 Å². The Morgan fingerprint density at radius 1 is 1.07 bits per heavy atom. The minimum absolute atomic E-state index is 0.122. The Morgan fingerprint density at radius 3 is 2.55 bits per heavy atom. The summed E-state index contributed by atoms with van der Waals surface area (Å²) in [5, 5.41) is 2.70. The second-order valence-corrected chi connectivity index (χ2v) is 7.07. The van der Waals surface area contributed by atoms with Crippen LogP contribution in [0.25, 0.3) is 0 Å². The highest BCUT2D eigenvalue weighted by Gasteiger charge is 2.22. The zero-order valence-electron chi connectivity index (χ0n) is 16.6. The number of methoxy groups -OCH3 is 1. The Bertz CT molecular complexity index is 851. The van der Waals surface area contributed by atoms with Gasteiger partial charge in [-0.15, -0.1) is 0 Å². The average molecular weight is 399 g/mol. The van der Waals surface area contributed by atoms with Gasteiger partial charge in [-0.3, -0.25) is 14.5 Å². The van der Waals surface area contributed by atoms with Crippen molar-refractivity contribution in [1.82, 2.24) is 9.80 Å². The quantitative estimate of drug-likeness (QED) is 0.777. The molecular weight excluding hydrogens is 373 g/mol. The number of hydrogen-bond acceptors (Lipinski definition) is 4. The molecule has 154 valence electrons. The molecule has 0 atom stereocenters. The number of carbonyl (C=O) groups is 2. The van der Waals surface area contributed by atoms with Crippen LogP contribution in [0.4, 0.5) is 10.1 Å². The molecule has 0 spiro atoms. The number of carbonyl (C=O) groups excluding carboxylic acids is 2. The van der Waals surface area contributed by atoms with Gasteiger partial charge in [-0.2, -0.15) is 0 Å². The topological polar surface area (TPSA) is 61.9 Å². The summed E-state index contributed by atoms with van der Waals surface area (Å²) in [5.41, 5.74) is 1.52. The third-order valence-electron chi connectivity index (χ3n) is 4.96. The van der Waals surface area contributed by atoms with E-state index in [2.05, 4.69) is 5.32 Å². The summed E-state index contributed by atoms with van der Waals surface area (Å²) in [6.07, 6.45) is 1.12. The van der Waals surface area contributed by atoms with Crippen LogP contribution in [0.2, 0.25) is 0 Å². The predicted octanol–water partition coefficient (Wildman–Crippen LogP) is 2.55. The lowest BCUT2D eigenvalue weighted by Gasteiger charge is -2.34. The van der Waals surface area contributed by atoms with E-state index in [9.17, 15) is 14.0 Å². The second-order valence-electron chi connectivity index (χ2n) is 7.07. The van der Waals surface area contributed by atoms with E-state index in [0.29, 0.717) is 44.7 Å². The molecule has 2 amide bonds. The molecule has 1 saturated heterocycles. The van der Waals surface area contributed by atoms with Crippen molar-refractivity contribution < 1.29 is 18.7 Å². The summed E-state index contributed by atoms with van der Waals surface area (Å²) in [6, 6.07) is 13.6. The lowest BCUT2D eigenvalue weighted by Crippen LogP contribution is -2.50. The van der Waals surface area contributed by atoms with E-state index < -0.39 is 0 Å². The molecule has 1 aliphatic heterocycles. The average Bonchev–Trinajstić information content (AvgIpc) is 2.72. The first-order chi connectivity index (χ1) is 14.0. The maximum absolute atomic E-state index is 13.2. The Morgan fingerprint density at radius 2 is 1.83 bits per heavy atom. The van der Waals surface area contributed by atoms with Gasteiger partial charge in [0, 0.05) is 38.3 Å². The molecule has 0 unspecified atom stereocenters. The van der Waals surface area contributed by atoms with Gasteiger partial charge in [-0.1, -0.05) is 18.2 Å². The molecule has 2 aromatic rings. The Labute approximate surface area is 170 Å². The number of benzene rings is 2. The van der Waals surface area contributed by atoms with Crippen molar-refractivity contribution in [3.63, 3.8) is 0 Å². The monoisotopic (exact) mass is 399 g/mol. The summed E-state index contributed by atoms with van der Waals surface area (Å²) in [5.74, 6) is 0.342. The third-order valence-corrected chi connectivity index (χ3v) is 4.96. The van der Waals surface area contributed by atoms with Gasteiger partial charge in [-0.25, -0.2) is 4.39 Å². The number of piperazine rings is 1. The second kappa shape index (κ2) is 10.0. The number of anilines is 1. The van der Waals surface area contributed by atoms with Crippen LogP contribution in [-0.2, 0) is 16.0 Å². The van der Waals surface area contributed by atoms with Gasteiger partial charge in [0.05, 0.1) is 13.7 Å². The van der Waals surface area contributed by atoms with Gasteiger partial charge in [0.1, 0.15) is 11.6 Å². The summed E-state index contributed by atoms with van der Waals surface area (Å²) in [4.78, 5) is 28.5. The first-order valence-corrected chi connectivity index (χ1v) is 9.72. The smallest absolute Gasteiger partial charge is 0.238 e. The fourth-order valence-corrected chi connectivity index (χ4v) is 3.36. The number of halogens is 1. The number of nitrogens with zero attached hydrogens (tertiary/aromatic N) is 2. The van der Waals surface area contributed by atoms with Gasteiger partial charge in [0.2, 0.25) is 11.8 Å². The minimum Gasteiger partial charge on any atom is -0.497 e. The SMILES string of the molecule is COc1cccc(CCC(=O)N2CCN(CC(=O)Nc3cccc(F)c3)CC2)c1. The number of nitrogens with one attached hydrogen (secondary N) is 1. The molecule has 0 aliphatic carbocycles. The zero-order chi connectivity index (χ0) is 20.6. The first kappa shape index (κ1) is 20.8. The molecular formula is C22H26FN3O3. The lowest BCUT2D eigenvalue weighted by molar-refractivity contribution is -0.133. The van der Waals surface area contributed by atoms with Crippen molar-refractivity contribution in [2.75, 3.05) is 45.2 Å². The van der Waals surface area contributed by atoms with E-state index in [-0.39, 0.29) is 24.2 Å². The van der Waals surface area contributed by atoms with Crippen LogP contribution >= 0.6 is 0 Å². The summed E-state index contributed by atoms with van der Waals surface area (Å²) in [6.45, 7) is 2.71. The molecule has 0 saturated carbocycles. The molecule has 6 nitrogen and oxygen atoms in total. The molecule has 0 radical (unpaired) electrons. The molecule has 1 fully saturated rings. The highest BCUT2D eigenvalue weighted by Crippen LogP contribution is 2.15. The molecule has 3 rings (SSSR count). The van der Waals surface area contributed by atoms with E-state index in [4.69, 9.17) is 4.74 Å². The maximum atomic E-state index is 13.2. The first-order valence-electron chi connectivity index (χ1n) is 9.72. The van der Waals surface area contributed by atoms with E-state index in [1.54, 1.807) is 19.2 Å². The number of ether oxygens (including phenoxy) is 1. The Hall–Kier alpha value is -2.93. The van der Waals surface area contributed by atoms with Crippen LogP contribution in [0.15, 0.2) is 48.5 Å². The van der Waals surface area contributed by atoms with E-state index in [0.717, 1.165) is 11.3 Å². The molecule has 1 N–H and O–H groups in total. The van der Waals surface area contributed by atoms with E-state index in [1.165, 1.54) is 12.1 Å².